The minimum absolute atomic E-state index is 0.0384. The molecule has 1 aliphatic heterocycles. The number of rotatable bonds is 7. The number of hydrogen-bond acceptors (Lipinski definition) is 6. The summed E-state index contributed by atoms with van der Waals surface area (Å²) in [6.45, 7) is 6.06. The van der Waals surface area contributed by atoms with E-state index in [0.29, 0.717) is 17.7 Å². The molecule has 0 saturated heterocycles. The molecule has 0 aliphatic carbocycles. The van der Waals surface area contributed by atoms with E-state index in [1.54, 1.807) is 27.9 Å². The van der Waals surface area contributed by atoms with Gasteiger partial charge in [0.15, 0.2) is 5.78 Å². The van der Waals surface area contributed by atoms with E-state index in [4.69, 9.17) is 14.2 Å². The first-order valence-electron chi connectivity index (χ1n) is 12.8. The van der Waals surface area contributed by atoms with E-state index in [1.807, 2.05) is 45.2 Å². The van der Waals surface area contributed by atoms with Gasteiger partial charge in [0.05, 0.1) is 37.4 Å². The Labute approximate surface area is 230 Å². The molecule has 0 N–H and O–H groups in total. The number of ketones is 1. The molecule has 0 bridgehead atoms. The van der Waals surface area contributed by atoms with E-state index >= 15 is 0 Å². The number of carbonyl (C=O) groups is 2. The van der Waals surface area contributed by atoms with Crippen molar-refractivity contribution in [2.75, 3.05) is 20.8 Å². The maximum absolute atomic E-state index is 12.7. The van der Waals surface area contributed by atoms with Gasteiger partial charge >= 0.3 is 12.3 Å². The molecule has 1 amide bonds. The predicted molar refractivity (Wildman–Crippen MR) is 144 cm³/mol. The molecule has 0 spiro atoms. The van der Waals surface area contributed by atoms with Crippen molar-refractivity contribution in [1.29, 1.82) is 0 Å². The highest BCUT2D eigenvalue weighted by atomic mass is 19.4. The number of imidazole rings is 1. The molecule has 2 heterocycles. The fourth-order valence-corrected chi connectivity index (χ4v) is 4.55. The van der Waals surface area contributed by atoms with Crippen molar-refractivity contribution in [2.45, 2.75) is 58.2 Å². The van der Waals surface area contributed by atoms with Gasteiger partial charge in [-0.05, 0) is 56.9 Å². The summed E-state index contributed by atoms with van der Waals surface area (Å²) in [6.07, 6.45) is -1.77. The Balaban J connectivity index is 1.65. The van der Waals surface area contributed by atoms with Crippen LogP contribution < -0.4 is 9.47 Å². The number of carbonyl (C=O) groups excluding carboxylic acids is 2. The number of nitrogens with zero attached hydrogens (tertiary/aromatic N) is 3. The average Bonchev–Trinajstić information content (AvgIpc) is 3.33. The summed E-state index contributed by atoms with van der Waals surface area (Å²) in [5, 5.41) is 0. The second kappa shape index (κ2) is 11.2. The zero-order valence-electron chi connectivity index (χ0n) is 23.1. The van der Waals surface area contributed by atoms with E-state index in [2.05, 4.69) is 4.98 Å². The highest BCUT2D eigenvalue weighted by molar-refractivity contribution is 6.02. The maximum atomic E-state index is 12.7. The van der Waals surface area contributed by atoms with Crippen molar-refractivity contribution in [1.82, 2.24) is 14.5 Å². The van der Waals surface area contributed by atoms with Crippen LogP contribution in [0.25, 0.3) is 22.3 Å². The summed E-state index contributed by atoms with van der Waals surface area (Å²) in [5.74, 6) is -0.511. The first-order valence-corrected chi connectivity index (χ1v) is 12.8. The summed E-state index contributed by atoms with van der Waals surface area (Å²) < 4.78 is 56.2. The predicted octanol–water partition coefficient (Wildman–Crippen LogP) is 6.94. The number of aromatic nitrogens is 2. The number of methoxy groups -OCH3 is 2. The zero-order valence-corrected chi connectivity index (χ0v) is 23.1. The first kappa shape index (κ1) is 29.0. The van der Waals surface area contributed by atoms with Crippen LogP contribution in [0.15, 0.2) is 42.9 Å². The highest BCUT2D eigenvalue weighted by Crippen LogP contribution is 2.36. The molecule has 8 nitrogen and oxygen atoms in total. The number of ether oxygens (including phenoxy) is 3. The lowest BCUT2D eigenvalue weighted by atomic mass is 9.99. The van der Waals surface area contributed by atoms with Crippen LogP contribution in [0.4, 0.5) is 18.0 Å². The van der Waals surface area contributed by atoms with Gasteiger partial charge in [-0.3, -0.25) is 14.3 Å². The fourth-order valence-electron chi connectivity index (χ4n) is 4.55. The number of amides is 1. The average molecular weight is 560 g/mol. The number of alkyl halides is 3. The monoisotopic (exact) mass is 559 g/mol. The summed E-state index contributed by atoms with van der Waals surface area (Å²) in [6, 6.07) is 8.90. The first-order chi connectivity index (χ1) is 18.8. The highest BCUT2D eigenvalue weighted by Gasteiger charge is 2.30. The summed E-state index contributed by atoms with van der Waals surface area (Å²) in [5.41, 5.74) is 3.28. The van der Waals surface area contributed by atoms with Gasteiger partial charge in [-0.15, -0.1) is 0 Å². The van der Waals surface area contributed by atoms with Crippen LogP contribution in [0.1, 0.15) is 62.4 Å². The van der Waals surface area contributed by atoms with Gasteiger partial charge in [-0.2, -0.15) is 13.2 Å². The Bertz CT molecular complexity index is 1430. The summed E-state index contributed by atoms with van der Waals surface area (Å²) >= 11 is 0. The van der Waals surface area contributed by atoms with Gasteiger partial charge in [0.25, 0.3) is 0 Å². The van der Waals surface area contributed by atoms with Crippen LogP contribution in [-0.4, -0.2) is 58.9 Å². The topological polar surface area (TPSA) is 82.9 Å². The fraction of sp³-hybridized carbons (Fsp3) is 0.414. The second-order valence-corrected chi connectivity index (χ2v) is 10.5. The van der Waals surface area contributed by atoms with Gasteiger partial charge in [-0.1, -0.05) is 6.07 Å². The van der Waals surface area contributed by atoms with Crippen molar-refractivity contribution in [2.24, 2.45) is 0 Å². The summed E-state index contributed by atoms with van der Waals surface area (Å²) in [7, 11) is 2.69. The quantitative estimate of drug-likeness (QED) is 0.292. The maximum Gasteiger partial charge on any atom is 0.414 e. The summed E-state index contributed by atoms with van der Waals surface area (Å²) in [4.78, 5) is 31.4. The normalized spacial score (nSPS) is 14.2. The smallest absolute Gasteiger partial charge is 0.414 e. The molecule has 214 valence electrons. The van der Waals surface area contributed by atoms with Crippen LogP contribution in [0.2, 0.25) is 0 Å². The Kier molecular flexibility index (Phi) is 8.13. The van der Waals surface area contributed by atoms with Crippen LogP contribution in [0.5, 0.6) is 11.5 Å². The van der Waals surface area contributed by atoms with Crippen LogP contribution in [0.3, 0.4) is 0 Å². The van der Waals surface area contributed by atoms with Crippen molar-refractivity contribution >= 4 is 28.5 Å². The number of benzene rings is 2. The molecule has 4 rings (SSSR count). The Morgan fingerprint density at radius 1 is 1.02 bits per heavy atom. The molecule has 0 unspecified atom stereocenters. The lowest BCUT2D eigenvalue weighted by Gasteiger charge is -2.28. The Hall–Kier alpha value is -4.02. The number of allylic oxidation sites excluding steroid dienone is 1. The molecule has 3 aromatic rings. The van der Waals surface area contributed by atoms with E-state index in [-0.39, 0.29) is 17.1 Å². The Morgan fingerprint density at radius 2 is 1.70 bits per heavy atom. The third kappa shape index (κ3) is 6.57. The van der Waals surface area contributed by atoms with Crippen molar-refractivity contribution < 1.29 is 37.0 Å². The van der Waals surface area contributed by atoms with Gasteiger partial charge < -0.3 is 14.2 Å². The standard InChI is InChI=1S/C29H32F3N3O5/c1-28(2,3)40-27(37)34-12-6-7-19(16-34)18-8-9-22-21(13-18)33-17-35(22)20-14-24(38-4)26(25(15-20)39-5)23(36)10-11-29(30,31)32/h8-9,13-17H,6-7,10-12H2,1-5H3. The van der Waals surface area contributed by atoms with Gasteiger partial charge in [0.2, 0.25) is 0 Å². The minimum atomic E-state index is -4.45. The lowest BCUT2D eigenvalue weighted by molar-refractivity contribution is -0.133. The molecular weight excluding hydrogens is 527 g/mol. The molecule has 0 atom stereocenters. The molecule has 40 heavy (non-hydrogen) atoms. The van der Waals surface area contributed by atoms with Gasteiger partial charge in [0.1, 0.15) is 29.0 Å². The third-order valence-corrected chi connectivity index (χ3v) is 6.39. The third-order valence-electron chi connectivity index (χ3n) is 6.39. The van der Waals surface area contributed by atoms with E-state index in [1.165, 1.54) is 14.2 Å². The molecular formula is C29H32F3N3O5. The number of halogens is 3. The number of Topliss-reactive ketones (excluding diaryl/α,β-unsaturated/α-hetero) is 1. The molecule has 11 heteroatoms. The van der Waals surface area contributed by atoms with Gasteiger partial charge in [0, 0.05) is 31.3 Å². The van der Waals surface area contributed by atoms with Crippen LogP contribution in [0, 0.1) is 0 Å². The largest absolute Gasteiger partial charge is 0.496 e. The minimum Gasteiger partial charge on any atom is -0.496 e. The van der Waals surface area contributed by atoms with E-state index < -0.39 is 36.5 Å². The zero-order chi connectivity index (χ0) is 29.2. The SMILES string of the molecule is COc1cc(-n2cnc3cc(C4=CN(C(=O)OC(C)(C)C)CCC4)ccc32)cc(OC)c1C(=O)CCC(F)(F)F. The lowest BCUT2D eigenvalue weighted by Crippen LogP contribution is -2.35. The molecule has 0 radical (unpaired) electrons. The molecule has 2 aromatic carbocycles. The van der Waals surface area contributed by atoms with Crippen molar-refractivity contribution in [3.63, 3.8) is 0 Å². The van der Waals surface area contributed by atoms with Crippen molar-refractivity contribution in [3.8, 4) is 17.2 Å². The van der Waals surface area contributed by atoms with Crippen LogP contribution in [-0.2, 0) is 4.74 Å². The molecule has 0 saturated carbocycles. The Morgan fingerprint density at radius 3 is 2.30 bits per heavy atom. The van der Waals surface area contributed by atoms with E-state index in [0.717, 1.165) is 29.5 Å². The molecule has 1 aliphatic rings. The molecule has 0 fully saturated rings. The number of hydrogen-bond donors (Lipinski definition) is 0. The van der Waals surface area contributed by atoms with Gasteiger partial charge in [-0.25, -0.2) is 9.78 Å². The second-order valence-electron chi connectivity index (χ2n) is 10.5. The van der Waals surface area contributed by atoms with E-state index in [9.17, 15) is 22.8 Å². The molecule has 1 aromatic heterocycles. The van der Waals surface area contributed by atoms with Crippen LogP contribution >= 0.6 is 0 Å². The van der Waals surface area contributed by atoms with Crippen molar-refractivity contribution in [3.05, 3.63) is 54.0 Å². The number of fused-ring (bicyclic) bond motifs is 1.